The van der Waals surface area contributed by atoms with Crippen molar-refractivity contribution in [3.63, 3.8) is 0 Å². The van der Waals surface area contributed by atoms with Crippen LogP contribution in [0.3, 0.4) is 0 Å². The molecule has 1 aromatic carbocycles. The van der Waals surface area contributed by atoms with Crippen molar-refractivity contribution in [1.82, 2.24) is 0 Å². The molecule has 0 unspecified atom stereocenters. The molecule has 3 nitrogen and oxygen atoms in total. The van der Waals surface area contributed by atoms with E-state index in [-0.39, 0.29) is 11.3 Å². The molecule has 0 bridgehead atoms. The highest BCUT2D eigenvalue weighted by molar-refractivity contribution is 6.61. The zero-order chi connectivity index (χ0) is 10.7. The quantitative estimate of drug-likeness (QED) is 0.564. The highest BCUT2D eigenvalue weighted by Gasteiger charge is 2.09. The Morgan fingerprint density at radius 3 is 2.57 bits per heavy atom. The Morgan fingerprint density at radius 2 is 2.07 bits per heavy atom. The molecule has 0 radical (unpaired) electrons. The van der Waals surface area contributed by atoms with Crippen molar-refractivity contribution in [2.24, 2.45) is 0 Å². The van der Waals surface area contributed by atoms with E-state index in [1.807, 2.05) is 0 Å². The minimum atomic E-state index is -1.04. The van der Waals surface area contributed by atoms with Gasteiger partial charge in [-0.2, -0.15) is 0 Å². The standard InChI is InChI=1S/C9H6ClFO3/c1-5(12)7-4-6(14-9(10)13)2-3-8(7)11/h2-4H,1H3. The van der Waals surface area contributed by atoms with Gasteiger partial charge < -0.3 is 4.74 Å². The fourth-order valence-corrected chi connectivity index (χ4v) is 1.02. The second-order valence-electron chi connectivity index (χ2n) is 2.54. The van der Waals surface area contributed by atoms with Gasteiger partial charge in [-0.25, -0.2) is 9.18 Å². The number of carbonyl (C=O) groups excluding carboxylic acids is 2. The first-order valence-corrected chi connectivity index (χ1v) is 4.06. The molecule has 0 saturated carbocycles. The number of hydrogen-bond acceptors (Lipinski definition) is 3. The second kappa shape index (κ2) is 4.19. The van der Waals surface area contributed by atoms with Crippen molar-refractivity contribution in [3.05, 3.63) is 29.6 Å². The molecule has 1 aromatic rings. The predicted molar refractivity (Wildman–Crippen MR) is 48.3 cm³/mol. The lowest BCUT2D eigenvalue weighted by Crippen LogP contribution is -2.01. The van der Waals surface area contributed by atoms with Crippen LogP contribution in [0.15, 0.2) is 18.2 Å². The van der Waals surface area contributed by atoms with Gasteiger partial charge in [0.25, 0.3) is 0 Å². The van der Waals surface area contributed by atoms with Crippen LogP contribution in [0, 0.1) is 5.82 Å². The van der Waals surface area contributed by atoms with Gasteiger partial charge in [0.2, 0.25) is 0 Å². The van der Waals surface area contributed by atoms with Crippen LogP contribution >= 0.6 is 11.6 Å². The maximum absolute atomic E-state index is 13.0. The molecular weight excluding hydrogens is 211 g/mol. The molecule has 0 fully saturated rings. The van der Waals surface area contributed by atoms with Crippen LogP contribution < -0.4 is 4.74 Å². The van der Waals surface area contributed by atoms with E-state index in [9.17, 15) is 14.0 Å². The first kappa shape index (κ1) is 10.7. The molecule has 0 spiro atoms. The Labute approximate surface area is 84.4 Å². The number of ether oxygens (including phenoxy) is 1. The number of Topliss-reactive ketones (excluding diaryl/α,β-unsaturated/α-hetero) is 1. The van der Waals surface area contributed by atoms with Gasteiger partial charge in [0.15, 0.2) is 5.78 Å². The second-order valence-corrected chi connectivity index (χ2v) is 2.85. The van der Waals surface area contributed by atoms with Gasteiger partial charge >= 0.3 is 5.43 Å². The van der Waals surface area contributed by atoms with E-state index >= 15 is 0 Å². The molecule has 0 aliphatic carbocycles. The SMILES string of the molecule is CC(=O)c1cc(OC(=O)Cl)ccc1F. The molecular formula is C9H6ClFO3. The summed E-state index contributed by atoms with van der Waals surface area (Å²) >= 11 is 4.94. The third kappa shape index (κ3) is 2.53. The average molecular weight is 217 g/mol. The number of ketones is 1. The van der Waals surface area contributed by atoms with Gasteiger partial charge in [0, 0.05) is 11.6 Å². The van der Waals surface area contributed by atoms with Crippen LogP contribution in [-0.4, -0.2) is 11.2 Å². The molecule has 0 N–H and O–H groups in total. The van der Waals surface area contributed by atoms with Crippen LogP contribution in [-0.2, 0) is 0 Å². The van der Waals surface area contributed by atoms with E-state index in [1.165, 1.54) is 13.0 Å². The summed E-state index contributed by atoms with van der Waals surface area (Å²) in [5.41, 5.74) is -1.17. The summed E-state index contributed by atoms with van der Waals surface area (Å²) in [7, 11) is 0. The van der Waals surface area contributed by atoms with Gasteiger partial charge in [0.1, 0.15) is 11.6 Å². The fraction of sp³-hybridized carbons (Fsp3) is 0.111. The van der Waals surface area contributed by atoms with E-state index in [4.69, 9.17) is 11.6 Å². The van der Waals surface area contributed by atoms with E-state index < -0.39 is 17.0 Å². The van der Waals surface area contributed by atoms with Gasteiger partial charge in [0.05, 0.1) is 5.56 Å². The highest BCUT2D eigenvalue weighted by atomic mass is 35.5. The van der Waals surface area contributed by atoms with Crippen molar-refractivity contribution in [2.45, 2.75) is 6.92 Å². The maximum atomic E-state index is 13.0. The van der Waals surface area contributed by atoms with Crippen molar-refractivity contribution >= 4 is 22.8 Å². The molecule has 0 aliphatic rings. The summed E-state index contributed by atoms with van der Waals surface area (Å²) in [5, 5.41) is 0. The Morgan fingerprint density at radius 1 is 1.43 bits per heavy atom. The van der Waals surface area contributed by atoms with Crippen LogP contribution in [0.5, 0.6) is 5.75 Å². The topological polar surface area (TPSA) is 43.4 Å². The van der Waals surface area contributed by atoms with E-state index in [0.717, 1.165) is 12.1 Å². The summed E-state index contributed by atoms with van der Waals surface area (Å²) < 4.78 is 17.4. The zero-order valence-electron chi connectivity index (χ0n) is 7.21. The van der Waals surface area contributed by atoms with Crippen molar-refractivity contribution in [1.29, 1.82) is 0 Å². The molecule has 1 rings (SSSR count). The molecule has 5 heteroatoms. The Kier molecular flexibility index (Phi) is 3.19. The summed E-state index contributed by atoms with van der Waals surface area (Å²) in [6.07, 6.45) is 0. The summed E-state index contributed by atoms with van der Waals surface area (Å²) in [6, 6.07) is 3.37. The van der Waals surface area contributed by atoms with Crippen LogP contribution in [0.25, 0.3) is 0 Å². The number of benzene rings is 1. The Bertz CT molecular complexity index is 390. The third-order valence-corrected chi connectivity index (χ3v) is 1.59. The highest BCUT2D eigenvalue weighted by Crippen LogP contribution is 2.18. The molecule has 0 amide bonds. The van der Waals surface area contributed by atoms with Crippen LogP contribution in [0.4, 0.5) is 9.18 Å². The predicted octanol–water partition coefficient (Wildman–Crippen LogP) is 2.77. The third-order valence-electron chi connectivity index (χ3n) is 1.52. The number of halogens is 2. The first-order valence-electron chi connectivity index (χ1n) is 3.68. The van der Waals surface area contributed by atoms with E-state index in [1.54, 1.807) is 0 Å². The number of hydrogen-bond donors (Lipinski definition) is 0. The molecule has 0 aliphatic heterocycles. The average Bonchev–Trinajstić information content (AvgIpc) is 2.07. The zero-order valence-corrected chi connectivity index (χ0v) is 7.97. The van der Waals surface area contributed by atoms with Crippen molar-refractivity contribution in [3.8, 4) is 5.75 Å². The fourth-order valence-electron chi connectivity index (χ4n) is 0.930. The Hall–Kier alpha value is -1.42. The summed E-state index contributed by atoms with van der Waals surface area (Å²) in [4.78, 5) is 21.2. The lowest BCUT2D eigenvalue weighted by molar-refractivity contribution is 0.101. The van der Waals surface area contributed by atoms with Crippen LogP contribution in [0.1, 0.15) is 17.3 Å². The maximum Gasteiger partial charge on any atom is 0.409 e. The molecule has 74 valence electrons. The lowest BCUT2D eigenvalue weighted by Gasteiger charge is -2.02. The molecule has 0 atom stereocenters. The number of carbonyl (C=O) groups is 2. The Balaban J connectivity index is 3.06. The first-order chi connectivity index (χ1) is 6.50. The van der Waals surface area contributed by atoms with E-state index in [2.05, 4.69) is 4.74 Å². The van der Waals surface area contributed by atoms with Gasteiger partial charge in [-0.15, -0.1) is 0 Å². The largest absolute Gasteiger partial charge is 0.414 e. The smallest absolute Gasteiger partial charge is 0.409 e. The van der Waals surface area contributed by atoms with E-state index in [0.29, 0.717) is 0 Å². The molecule has 0 saturated heterocycles. The lowest BCUT2D eigenvalue weighted by atomic mass is 10.1. The van der Waals surface area contributed by atoms with Crippen molar-refractivity contribution < 1.29 is 18.7 Å². The van der Waals surface area contributed by atoms with Gasteiger partial charge in [-0.3, -0.25) is 4.79 Å². The normalized spacial score (nSPS) is 9.64. The summed E-state index contributed by atoms with van der Waals surface area (Å²) in [5.74, 6) is -1.07. The summed E-state index contributed by atoms with van der Waals surface area (Å²) in [6.45, 7) is 1.21. The molecule has 0 heterocycles. The van der Waals surface area contributed by atoms with Gasteiger partial charge in [-0.1, -0.05) is 0 Å². The molecule has 14 heavy (non-hydrogen) atoms. The minimum Gasteiger partial charge on any atom is -0.414 e. The monoisotopic (exact) mass is 216 g/mol. The minimum absolute atomic E-state index is 0.0385. The number of rotatable bonds is 2. The van der Waals surface area contributed by atoms with Gasteiger partial charge in [-0.05, 0) is 25.1 Å². The van der Waals surface area contributed by atoms with Crippen molar-refractivity contribution in [2.75, 3.05) is 0 Å². The molecule has 0 aromatic heterocycles. The van der Waals surface area contributed by atoms with Crippen LogP contribution in [0.2, 0.25) is 0 Å².